The third-order valence-corrected chi connectivity index (χ3v) is 14.0. The fraction of sp³-hybridized carbons (Fsp3) is 0.788. The molecule has 3 N–H and O–H groups in total. The number of carbonyl (C=O) groups excluding carboxylic acids is 2. The molecule has 418 valence electrons. The quantitative estimate of drug-likeness (QED) is 0.0320. The molecule has 0 saturated carbocycles. The topological polar surface area (TPSA) is 95.9 Å². The van der Waals surface area contributed by atoms with Gasteiger partial charge >= 0.3 is 5.97 Å². The number of ether oxygens (including phenoxy) is 1. The van der Waals surface area contributed by atoms with Gasteiger partial charge < -0.3 is 20.3 Å². The Balaban J connectivity index is 4.62. The molecule has 0 saturated heterocycles. The molecule has 1 amide bonds. The number of carbonyl (C=O) groups is 2. The molecule has 0 radical (unpaired) electrons. The molecule has 0 aromatic heterocycles. The van der Waals surface area contributed by atoms with Crippen molar-refractivity contribution in [2.45, 2.75) is 328 Å². The SMILES string of the molecule is CCCCC/C=C\C/C=C\C/C=C\C/C=C\CCCCCC(=O)OC(CCCCCCCCC/C=C\C/C=C\CCCCC)CC(=O)NC(CO)C(O)CCCCCCCCCCCCCCCCCCC. The smallest absolute Gasteiger partial charge is 0.306 e. The van der Waals surface area contributed by atoms with Gasteiger partial charge in [0.15, 0.2) is 0 Å². The second-order valence-electron chi connectivity index (χ2n) is 21.1. The molecule has 6 nitrogen and oxygen atoms in total. The van der Waals surface area contributed by atoms with Crippen molar-refractivity contribution < 1.29 is 24.5 Å². The van der Waals surface area contributed by atoms with Gasteiger partial charge in [0, 0.05) is 6.42 Å². The summed E-state index contributed by atoms with van der Waals surface area (Å²) in [6, 6.07) is -0.716. The number of hydrogen-bond acceptors (Lipinski definition) is 5. The fourth-order valence-electron chi connectivity index (χ4n) is 9.27. The standard InChI is InChI=1S/C66H119NO5/c1-4-7-10-13-16-19-22-25-28-31-32-35-38-41-44-47-50-53-56-59-66(71)72-62(57-54-51-48-45-42-39-36-33-29-26-23-20-17-14-11-8-5-2)60-65(70)67-63(61-68)64(69)58-55-52-49-46-43-40-37-34-30-27-24-21-18-15-12-9-6-3/h16-17,19-20,25-26,28-29,32,35,41,44,62-64,68-69H,4-15,18,21-24,27,30-31,33-34,36-40,42-43,45-61H2,1-3H3,(H,67,70)/b19-16-,20-17-,28-25-,29-26-,35-32-,44-41-. The van der Waals surface area contributed by atoms with Crippen LogP contribution < -0.4 is 5.32 Å². The number of allylic oxidation sites excluding steroid dienone is 12. The molecule has 0 aromatic rings. The van der Waals surface area contributed by atoms with Gasteiger partial charge in [0.1, 0.15) is 6.10 Å². The molecule has 0 aliphatic heterocycles. The molecular weight excluding hydrogens is 887 g/mol. The van der Waals surface area contributed by atoms with Gasteiger partial charge in [0.25, 0.3) is 0 Å². The van der Waals surface area contributed by atoms with Gasteiger partial charge in [-0.3, -0.25) is 9.59 Å². The molecule has 3 unspecified atom stereocenters. The summed E-state index contributed by atoms with van der Waals surface area (Å²) in [5.74, 6) is -0.510. The van der Waals surface area contributed by atoms with E-state index in [1.165, 1.54) is 167 Å². The maximum absolute atomic E-state index is 13.3. The lowest BCUT2D eigenvalue weighted by Crippen LogP contribution is -2.46. The number of amides is 1. The Hall–Kier alpha value is -2.70. The molecule has 3 atom stereocenters. The van der Waals surface area contributed by atoms with Gasteiger partial charge in [-0.15, -0.1) is 0 Å². The van der Waals surface area contributed by atoms with Crippen molar-refractivity contribution in [2.24, 2.45) is 0 Å². The maximum atomic E-state index is 13.3. The van der Waals surface area contributed by atoms with Crippen LogP contribution in [0.25, 0.3) is 0 Å². The van der Waals surface area contributed by atoms with E-state index in [1.807, 2.05) is 0 Å². The van der Waals surface area contributed by atoms with Crippen LogP contribution in [0.3, 0.4) is 0 Å². The van der Waals surface area contributed by atoms with Crippen LogP contribution >= 0.6 is 0 Å². The summed E-state index contributed by atoms with van der Waals surface area (Å²) in [5, 5.41) is 24.0. The first-order valence-electron chi connectivity index (χ1n) is 31.2. The van der Waals surface area contributed by atoms with Gasteiger partial charge in [-0.2, -0.15) is 0 Å². The number of aliphatic hydroxyl groups excluding tert-OH is 2. The van der Waals surface area contributed by atoms with Crippen LogP contribution in [0.1, 0.15) is 310 Å². The molecule has 0 rings (SSSR count). The zero-order valence-corrected chi connectivity index (χ0v) is 47.8. The van der Waals surface area contributed by atoms with Crippen LogP contribution in [0.2, 0.25) is 0 Å². The van der Waals surface area contributed by atoms with Crippen LogP contribution in [0.15, 0.2) is 72.9 Å². The molecular formula is C66H119NO5. The van der Waals surface area contributed by atoms with E-state index in [0.29, 0.717) is 19.3 Å². The van der Waals surface area contributed by atoms with Crippen molar-refractivity contribution in [1.29, 1.82) is 0 Å². The van der Waals surface area contributed by atoms with E-state index in [1.54, 1.807) is 0 Å². The summed E-state index contributed by atoms with van der Waals surface area (Å²) in [7, 11) is 0. The minimum Gasteiger partial charge on any atom is -0.462 e. The minimum atomic E-state index is -0.800. The molecule has 0 aliphatic rings. The molecule has 0 bridgehead atoms. The van der Waals surface area contributed by atoms with E-state index < -0.39 is 18.2 Å². The van der Waals surface area contributed by atoms with Crippen molar-refractivity contribution in [3.8, 4) is 0 Å². The highest BCUT2D eigenvalue weighted by Crippen LogP contribution is 2.18. The summed E-state index contributed by atoms with van der Waals surface area (Å²) in [6.45, 7) is 6.46. The Morgan fingerprint density at radius 1 is 0.403 bits per heavy atom. The molecule has 0 heterocycles. The van der Waals surface area contributed by atoms with Gasteiger partial charge in [-0.1, -0.05) is 267 Å². The Kier molecular flexibility index (Phi) is 57.0. The molecule has 0 aliphatic carbocycles. The number of nitrogens with one attached hydrogen (secondary N) is 1. The van der Waals surface area contributed by atoms with E-state index in [9.17, 15) is 19.8 Å². The zero-order chi connectivity index (χ0) is 52.3. The lowest BCUT2D eigenvalue weighted by atomic mass is 10.0. The summed E-state index contributed by atoms with van der Waals surface area (Å²) < 4.78 is 5.96. The molecule has 0 aromatic carbocycles. The van der Waals surface area contributed by atoms with E-state index in [2.05, 4.69) is 99.0 Å². The van der Waals surface area contributed by atoms with Crippen LogP contribution in [-0.2, 0) is 14.3 Å². The summed E-state index contributed by atoms with van der Waals surface area (Å²) in [6.07, 6.45) is 76.8. The first-order valence-corrected chi connectivity index (χ1v) is 31.2. The summed E-state index contributed by atoms with van der Waals surface area (Å²) in [5.41, 5.74) is 0. The normalized spacial score (nSPS) is 13.6. The molecule has 0 fully saturated rings. The van der Waals surface area contributed by atoms with Crippen LogP contribution in [0, 0.1) is 0 Å². The van der Waals surface area contributed by atoms with Crippen LogP contribution in [-0.4, -0.2) is 46.9 Å². The fourth-order valence-corrected chi connectivity index (χ4v) is 9.27. The molecule has 6 heteroatoms. The van der Waals surface area contributed by atoms with Crippen LogP contribution in [0.4, 0.5) is 0 Å². The Bertz CT molecular complexity index is 1310. The number of aliphatic hydroxyl groups is 2. The first kappa shape index (κ1) is 69.3. The monoisotopic (exact) mass is 1010 g/mol. The van der Waals surface area contributed by atoms with Gasteiger partial charge in [0.05, 0.1) is 25.2 Å². The number of esters is 1. The second-order valence-corrected chi connectivity index (χ2v) is 21.1. The van der Waals surface area contributed by atoms with Crippen molar-refractivity contribution >= 4 is 11.9 Å². The largest absolute Gasteiger partial charge is 0.462 e. The minimum absolute atomic E-state index is 0.0579. The summed E-state index contributed by atoms with van der Waals surface area (Å²) >= 11 is 0. The second kappa shape index (κ2) is 59.2. The predicted molar refractivity (Wildman–Crippen MR) is 315 cm³/mol. The van der Waals surface area contributed by atoms with Gasteiger partial charge in [0.2, 0.25) is 5.91 Å². The summed E-state index contributed by atoms with van der Waals surface area (Å²) in [4.78, 5) is 26.4. The van der Waals surface area contributed by atoms with Gasteiger partial charge in [-0.25, -0.2) is 0 Å². The lowest BCUT2D eigenvalue weighted by Gasteiger charge is -2.24. The van der Waals surface area contributed by atoms with E-state index in [0.717, 1.165) is 96.3 Å². The number of hydrogen-bond donors (Lipinski definition) is 3. The average molecular weight is 1010 g/mol. The Morgan fingerprint density at radius 3 is 1.10 bits per heavy atom. The Morgan fingerprint density at radius 2 is 0.708 bits per heavy atom. The van der Waals surface area contributed by atoms with E-state index in [4.69, 9.17) is 4.74 Å². The highest BCUT2D eigenvalue weighted by molar-refractivity contribution is 5.77. The average Bonchev–Trinajstić information content (AvgIpc) is 3.37. The van der Waals surface area contributed by atoms with Crippen molar-refractivity contribution in [2.75, 3.05) is 6.61 Å². The van der Waals surface area contributed by atoms with E-state index >= 15 is 0 Å². The highest BCUT2D eigenvalue weighted by Gasteiger charge is 2.24. The Labute approximate surface area is 447 Å². The predicted octanol–water partition coefficient (Wildman–Crippen LogP) is 19.7. The maximum Gasteiger partial charge on any atom is 0.306 e. The highest BCUT2D eigenvalue weighted by atomic mass is 16.5. The number of rotatable bonds is 56. The zero-order valence-electron chi connectivity index (χ0n) is 47.8. The third-order valence-electron chi connectivity index (χ3n) is 14.0. The van der Waals surface area contributed by atoms with Crippen LogP contribution in [0.5, 0.6) is 0 Å². The van der Waals surface area contributed by atoms with Crippen molar-refractivity contribution in [3.05, 3.63) is 72.9 Å². The molecule has 72 heavy (non-hydrogen) atoms. The van der Waals surface area contributed by atoms with Crippen molar-refractivity contribution in [3.63, 3.8) is 0 Å². The van der Waals surface area contributed by atoms with Gasteiger partial charge in [-0.05, 0) is 103 Å². The molecule has 0 spiro atoms. The van der Waals surface area contributed by atoms with Crippen molar-refractivity contribution in [1.82, 2.24) is 5.32 Å². The van der Waals surface area contributed by atoms with E-state index in [-0.39, 0.29) is 24.9 Å². The third kappa shape index (κ3) is 53.6. The number of unbranched alkanes of at least 4 members (excludes halogenated alkanes) is 32. The lowest BCUT2D eigenvalue weighted by molar-refractivity contribution is -0.151. The first-order chi connectivity index (χ1) is 35.5.